The summed E-state index contributed by atoms with van der Waals surface area (Å²) in [5, 5.41) is 0. The van der Waals surface area contributed by atoms with Gasteiger partial charge in [0.25, 0.3) is 5.56 Å². The number of nitrogens with zero attached hydrogens (tertiary/aromatic N) is 2. The van der Waals surface area contributed by atoms with Crippen molar-refractivity contribution in [1.82, 2.24) is 9.55 Å². The van der Waals surface area contributed by atoms with E-state index in [1.807, 2.05) is 27.7 Å². The lowest BCUT2D eigenvalue weighted by Crippen LogP contribution is -2.42. The molecule has 1 heterocycles. The molecule has 8 nitrogen and oxygen atoms in total. The highest BCUT2D eigenvalue weighted by Crippen LogP contribution is 2.20. The fourth-order valence-electron chi connectivity index (χ4n) is 2.66. The smallest absolute Gasteiger partial charge is 0.330 e. The molecule has 1 amide bonds. The van der Waals surface area contributed by atoms with E-state index in [1.165, 1.54) is 9.47 Å². The number of nitrogens with one attached hydrogen (secondary N) is 1. The van der Waals surface area contributed by atoms with Crippen LogP contribution < -0.4 is 21.9 Å². The maximum atomic E-state index is 12.7. The van der Waals surface area contributed by atoms with Crippen molar-refractivity contribution in [2.45, 2.75) is 59.9 Å². The van der Waals surface area contributed by atoms with E-state index in [9.17, 15) is 14.4 Å². The number of carbonyl (C=O) groups is 1. The summed E-state index contributed by atoms with van der Waals surface area (Å²) in [5.41, 5.74) is 5.04. The van der Waals surface area contributed by atoms with Crippen molar-refractivity contribution in [1.29, 1.82) is 0 Å². The number of carbonyl (C=O) groups excluding carboxylic acids is 1. The first kappa shape index (κ1) is 22.0. The van der Waals surface area contributed by atoms with Gasteiger partial charge in [-0.1, -0.05) is 27.2 Å². The Morgan fingerprint density at radius 2 is 1.96 bits per heavy atom. The Bertz CT molecular complexity index is 693. The Hall–Kier alpha value is -2.09. The summed E-state index contributed by atoms with van der Waals surface area (Å²) >= 11 is 0. The van der Waals surface area contributed by atoms with Crippen LogP contribution in [-0.4, -0.2) is 35.2 Å². The number of hydrogen-bond acceptors (Lipinski definition) is 5. The molecule has 8 heteroatoms. The van der Waals surface area contributed by atoms with Gasteiger partial charge in [-0.05, 0) is 25.7 Å². The number of aromatic nitrogens is 2. The van der Waals surface area contributed by atoms with Crippen molar-refractivity contribution in [2.24, 2.45) is 5.92 Å². The summed E-state index contributed by atoms with van der Waals surface area (Å²) in [6, 6.07) is 0. The molecule has 1 aromatic heterocycles. The molecule has 0 atom stereocenters. The molecule has 0 radical (unpaired) electrons. The number of nitrogen functional groups attached to an aromatic ring is 1. The molecule has 0 bridgehead atoms. The van der Waals surface area contributed by atoms with E-state index in [0.29, 0.717) is 32.7 Å². The van der Waals surface area contributed by atoms with Crippen molar-refractivity contribution >= 4 is 17.4 Å². The summed E-state index contributed by atoms with van der Waals surface area (Å²) in [4.78, 5) is 40.9. The standard InChI is InChI=1S/C18H32N4O4/c1-5-7-10-21-16(19)15(17(24)20-18(21)25)22(12-13(3)4)14(23)9-8-11-26-6-2/h13H,5-12,19H2,1-4H3,(H,20,24,25). The summed E-state index contributed by atoms with van der Waals surface area (Å²) < 4.78 is 6.60. The van der Waals surface area contributed by atoms with E-state index in [0.717, 1.165) is 12.8 Å². The van der Waals surface area contributed by atoms with Gasteiger partial charge in [-0.25, -0.2) is 4.79 Å². The van der Waals surface area contributed by atoms with Crippen LogP contribution in [0.1, 0.15) is 53.4 Å². The molecule has 3 N–H and O–H groups in total. The molecule has 148 valence electrons. The Kier molecular flexibility index (Phi) is 9.12. The molecule has 0 aliphatic heterocycles. The minimum atomic E-state index is -0.626. The second kappa shape index (κ2) is 10.8. The highest BCUT2D eigenvalue weighted by atomic mass is 16.5. The van der Waals surface area contributed by atoms with Gasteiger partial charge in [0, 0.05) is 32.7 Å². The van der Waals surface area contributed by atoms with Crippen LogP contribution in [0, 0.1) is 5.92 Å². The molecular weight excluding hydrogens is 336 g/mol. The van der Waals surface area contributed by atoms with Crippen molar-refractivity contribution in [3.05, 3.63) is 20.8 Å². The maximum absolute atomic E-state index is 12.7. The first-order valence-electron chi connectivity index (χ1n) is 9.34. The van der Waals surface area contributed by atoms with Gasteiger partial charge in [0.2, 0.25) is 5.91 Å². The summed E-state index contributed by atoms with van der Waals surface area (Å²) in [5.74, 6) is -0.0111. The molecular formula is C18H32N4O4. The van der Waals surface area contributed by atoms with Crippen LogP contribution in [0.5, 0.6) is 0 Å². The first-order valence-corrected chi connectivity index (χ1v) is 9.34. The van der Waals surface area contributed by atoms with Gasteiger partial charge in [0.05, 0.1) is 0 Å². The van der Waals surface area contributed by atoms with E-state index in [1.54, 1.807) is 0 Å². The molecule has 0 aliphatic rings. The van der Waals surface area contributed by atoms with Gasteiger partial charge in [-0.2, -0.15) is 0 Å². The predicted molar refractivity (Wildman–Crippen MR) is 104 cm³/mol. The lowest BCUT2D eigenvalue weighted by Gasteiger charge is -2.26. The lowest BCUT2D eigenvalue weighted by molar-refractivity contribution is -0.119. The highest BCUT2D eigenvalue weighted by Gasteiger charge is 2.24. The van der Waals surface area contributed by atoms with Gasteiger partial charge in [0.1, 0.15) is 5.82 Å². The quantitative estimate of drug-likeness (QED) is 0.578. The second-order valence-electron chi connectivity index (χ2n) is 6.70. The molecule has 0 spiro atoms. The van der Waals surface area contributed by atoms with Crippen molar-refractivity contribution in [3.8, 4) is 0 Å². The van der Waals surface area contributed by atoms with Crippen molar-refractivity contribution < 1.29 is 9.53 Å². The first-order chi connectivity index (χ1) is 12.3. The van der Waals surface area contributed by atoms with Crippen LogP contribution in [0.25, 0.3) is 0 Å². The van der Waals surface area contributed by atoms with Crippen molar-refractivity contribution in [2.75, 3.05) is 30.4 Å². The lowest BCUT2D eigenvalue weighted by atomic mass is 10.1. The number of anilines is 2. The molecule has 0 aromatic carbocycles. The number of nitrogens with two attached hydrogens (primary N) is 1. The number of rotatable bonds is 11. The van der Waals surface area contributed by atoms with Crippen molar-refractivity contribution in [3.63, 3.8) is 0 Å². The van der Waals surface area contributed by atoms with Gasteiger partial charge in [-0.15, -0.1) is 0 Å². The topological polar surface area (TPSA) is 110 Å². The van der Waals surface area contributed by atoms with Crippen LogP contribution >= 0.6 is 0 Å². The summed E-state index contributed by atoms with van der Waals surface area (Å²) in [6.07, 6.45) is 2.45. The van der Waals surface area contributed by atoms with Crippen LogP contribution in [0.3, 0.4) is 0 Å². The molecule has 0 saturated carbocycles. The van der Waals surface area contributed by atoms with E-state index < -0.39 is 11.2 Å². The van der Waals surface area contributed by atoms with Crippen LogP contribution in [0.4, 0.5) is 11.5 Å². The number of amides is 1. The van der Waals surface area contributed by atoms with E-state index in [4.69, 9.17) is 10.5 Å². The average Bonchev–Trinajstić information content (AvgIpc) is 2.57. The third kappa shape index (κ3) is 6.01. The number of ether oxygens (including phenoxy) is 1. The Labute approximate surface area is 154 Å². The third-order valence-corrected chi connectivity index (χ3v) is 3.95. The SMILES string of the molecule is CCCCn1c(N)c(N(CC(C)C)C(=O)CCCOCC)c(=O)[nH]c1=O. The molecule has 1 aromatic rings. The minimum Gasteiger partial charge on any atom is -0.383 e. The maximum Gasteiger partial charge on any atom is 0.330 e. The van der Waals surface area contributed by atoms with Gasteiger partial charge >= 0.3 is 5.69 Å². The van der Waals surface area contributed by atoms with Crippen LogP contribution in [-0.2, 0) is 16.1 Å². The molecule has 1 rings (SSSR count). The Morgan fingerprint density at radius 3 is 2.54 bits per heavy atom. The van der Waals surface area contributed by atoms with E-state index in [-0.39, 0.29) is 29.8 Å². The number of aromatic amines is 1. The number of H-pyrrole nitrogens is 1. The average molecular weight is 368 g/mol. The van der Waals surface area contributed by atoms with Gasteiger partial charge < -0.3 is 15.4 Å². The molecule has 0 saturated heterocycles. The minimum absolute atomic E-state index is 0.0472. The van der Waals surface area contributed by atoms with Crippen LogP contribution in [0.15, 0.2) is 9.59 Å². The molecule has 0 fully saturated rings. The second-order valence-corrected chi connectivity index (χ2v) is 6.70. The van der Waals surface area contributed by atoms with E-state index >= 15 is 0 Å². The zero-order valence-electron chi connectivity index (χ0n) is 16.3. The molecule has 0 unspecified atom stereocenters. The van der Waals surface area contributed by atoms with Gasteiger partial charge in [0.15, 0.2) is 5.69 Å². The summed E-state index contributed by atoms with van der Waals surface area (Å²) in [6.45, 7) is 9.65. The van der Waals surface area contributed by atoms with Gasteiger partial charge in [-0.3, -0.25) is 19.1 Å². The zero-order valence-corrected chi connectivity index (χ0v) is 16.3. The van der Waals surface area contributed by atoms with E-state index in [2.05, 4.69) is 4.98 Å². The summed E-state index contributed by atoms with van der Waals surface area (Å²) in [7, 11) is 0. The Balaban J connectivity index is 3.22. The third-order valence-electron chi connectivity index (χ3n) is 3.95. The largest absolute Gasteiger partial charge is 0.383 e. The zero-order chi connectivity index (χ0) is 19.7. The predicted octanol–water partition coefficient (Wildman–Crippen LogP) is 1.72. The monoisotopic (exact) mass is 368 g/mol. The fourth-order valence-corrected chi connectivity index (χ4v) is 2.66. The number of unbranched alkanes of at least 4 members (excludes halogenated alkanes) is 1. The molecule has 0 aliphatic carbocycles. The van der Waals surface area contributed by atoms with Crippen LogP contribution in [0.2, 0.25) is 0 Å². The molecule has 26 heavy (non-hydrogen) atoms. The highest BCUT2D eigenvalue weighted by molar-refractivity contribution is 5.95. The normalized spacial score (nSPS) is 11.1. The number of hydrogen-bond donors (Lipinski definition) is 2. The fraction of sp³-hybridized carbons (Fsp3) is 0.722. The Morgan fingerprint density at radius 1 is 1.27 bits per heavy atom.